The molecule has 1 aliphatic rings. The summed E-state index contributed by atoms with van der Waals surface area (Å²) in [5.74, 6) is -7.53. The number of ether oxygens (including phenoxy) is 1. The van der Waals surface area contributed by atoms with E-state index in [-0.39, 0.29) is 0 Å². The highest BCUT2D eigenvalue weighted by Gasteiger charge is 2.56. The summed E-state index contributed by atoms with van der Waals surface area (Å²) in [5.41, 5.74) is -1.97. The highest BCUT2D eigenvalue weighted by molar-refractivity contribution is 6.21. The Labute approximate surface area is 124 Å². The molecular formula is C10H10ClF6NO4. The molecule has 22 heavy (non-hydrogen) atoms. The molecule has 2 N–H and O–H groups in total. The molecule has 0 saturated carbocycles. The van der Waals surface area contributed by atoms with Gasteiger partial charge < -0.3 is 15.2 Å². The topological polar surface area (TPSA) is 75.6 Å². The van der Waals surface area contributed by atoms with Gasteiger partial charge in [-0.3, -0.25) is 9.59 Å². The van der Waals surface area contributed by atoms with E-state index in [1.165, 1.54) is 5.32 Å². The maximum Gasteiger partial charge on any atom is 0.471 e. The van der Waals surface area contributed by atoms with Gasteiger partial charge in [0.2, 0.25) is 5.78 Å². The van der Waals surface area contributed by atoms with Crippen LogP contribution in [0.25, 0.3) is 0 Å². The summed E-state index contributed by atoms with van der Waals surface area (Å²) >= 11 is 5.45. The molecule has 0 spiro atoms. The average Bonchev–Trinajstić information content (AvgIpc) is 2.32. The Balaban J connectivity index is 3.13. The SMILES string of the molecule is C[C@H]1O[C@H](Cl)[C@@H](C(=O)C(F)(F)F)[C@H](NC(=O)C(F)(F)F)[C@H]1O. The minimum Gasteiger partial charge on any atom is -0.388 e. The van der Waals surface area contributed by atoms with Crippen molar-refractivity contribution in [3.8, 4) is 0 Å². The zero-order valence-electron chi connectivity index (χ0n) is 10.7. The minimum atomic E-state index is -5.43. The number of alkyl halides is 7. The fourth-order valence-corrected chi connectivity index (χ4v) is 2.35. The van der Waals surface area contributed by atoms with Crippen LogP contribution in [0.3, 0.4) is 0 Å². The number of Topliss-reactive ketones (excluding diaryl/α,β-unsaturated/α-hetero) is 1. The fraction of sp³-hybridized carbons (Fsp3) is 0.800. The van der Waals surface area contributed by atoms with Crippen LogP contribution in [0.15, 0.2) is 0 Å². The first-order chi connectivity index (χ1) is 9.76. The van der Waals surface area contributed by atoms with Crippen LogP contribution in [-0.4, -0.2) is 53.0 Å². The predicted octanol–water partition coefficient (Wildman–Crippen LogP) is 1.13. The third kappa shape index (κ3) is 4.02. The molecule has 1 rings (SSSR count). The Kier molecular flexibility index (Phi) is 5.35. The van der Waals surface area contributed by atoms with Crippen molar-refractivity contribution in [1.29, 1.82) is 0 Å². The van der Waals surface area contributed by atoms with E-state index in [1.54, 1.807) is 0 Å². The van der Waals surface area contributed by atoms with Crippen molar-refractivity contribution in [2.75, 3.05) is 0 Å². The molecule has 5 atom stereocenters. The molecule has 1 aliphatic heterocycles. The zero-order valence-corrected chi connectivity index (χ0v) is 11.5. The molecule has 0 unspecified atom stereocenters. The number of aliphatic hydroxyl groups excluding tert-OH is 1. The van der Waals surface area contributed by atoms with Gasteiger partial charge in [0.1, 0.15) is 11.7 Å². The molecular weight excluding hydrogens is 348 g/mol. The Morgan fingerprint density at radius 3 is 2.05 bits per heavy atom. The van der Waals surface area contributed by atoms with Crippen LogP contribution in [0.4, 0.5) is 26.3 Å². The lowest BCUT2D eigenvalue weighted by Gasteiger charge is -2.41. The standard InChI is InChI=1S/C10H10ClF6NO4/c1-2-5(19)4(18-8(21)10(15,16)17)3(7(11)22-2)6(20)9(12,13)14/h2-5,7,19H,1H3,(H,18,21)/t2-,3-,4+,5+,7+/m1/s1. The van der Waals surface area contributed by atoms with Crippen LogP contribution >= 0.6 is 11.6 Å². The Hall–Kier alpha value is -1.07. The van der Waals surface area contributed by atoms with Crippen LogP contribution in [0.1, 0.15) is 6.92 Å². The fourth-order valence-electron chi connectivity index (χ4n) is 1.92. The van der Waals surface area contributed by atoms with Crippen LogP contribution in [0.2, 0.25) is 0 Å². The van der Waals surface area contributed by atoms with Gasteiger partial charge in [-0.1, -0.05) is 11.6 Å². The summed E-state index contributed by atoms with van der Waals surface area (Å²) in [6.07, 6.45) is -14.1. The summed E-state index contributed by atoms with van der Waals surface area (Å²) in [6, 6.07) is -2.20. The smallest absolute Gasteiger partial charge is 0.388 e. The van der Waals surface area contributed by atoms with E-state index in [4.69, 9.17) is 11.6 Å². The molecule has 0 aliphatic carbocycles. The lowest BCUT2D eigenvalue weighted by Crippen LogP contribution is -2.64. The Morgan fingerprint density at radius 2 is 1.64 bits per heavy atom. The average molecular weight is 358 g/mol. The van der Waals surface area contributed by atoms with Crippen LogP contribution in [-0.2, 0) is 14.3 Å². The second kappa shape index (κ2) is 6.20. The van der Waals surface area contributed by atoms with Crippen LogP contribution < -0.4 is 5.32 Å². The molecule has 0 aromatic carbocycles. The van der Waals surface area contributed by atoms with E-state index < -0.39 is 53.8 Å². The van der Waals surface area contributed by atoms with E-state index in [1.807, 2.05) is 0 Å². The third-order valence-corrected chi connectivity index (χ3v) is 3.37. The molecule has 1 amide bonds. The molecule has 1 heterocycles. The normalized spacial score (nSPS) is 33.4. The number of amides is 1. The van der Waals surface area contributed by atoms with Gasteiger partial charge in [-0.25, -0.2) is 0 Å². The molecule has 0 aromatic rings. The highest BCUT2D eigenvalue weighted by Crippen LogP contribution is 2.34. The number of nitrogens with one attached hydrogen (secondary N) is 1. The Bertz CT molecular complexity index is 454. The van der Waals surface area contributed by atoms with Crippen molar-refractivity contribution in [2.45, 2.75) is 43.1 Å². The zero-order chi connectivity index (χ0) is 17.5. The van der Waals surface area contributed by atoms with Gasteiger partial charge in [-0.15, -0.1) is 0 Å². The van der Waals surface area contributed by atoms with Crippen molar-refractivity contribution in [3.63, 3.8) is 0 Å². The molecule has 1 saturated heterocycles. The van der Waals surface area contributed by atoms with E-state index in [2.05, 4.69) is 4.74 Å². The second-order valence-corrected chi connectivity index (χ2v) is 5.00. The van der Waals surface area contributed by atoms with Crippen molar-refractivity contribution in [2.24, 2.45) is 5.92 Å². The molecule has 0 aromatic heterocycles. The van der Waals surface area contributed by atoms with Gasteiger partial charge in [0.05, 0.1) is 18.1 Å². The van der Waals surface area contributed by atoms with Crippen molar-refractivity contribution in [1.82, 2.24) is 5.32 Å². The summed E-state index contributed by atoms with van der Waals surface area (Å²) in [6.45, 7) is 1.11. The maximum absolute atomic E-state index is 12.5. The first-order valence-electron chi connectivity index (χ1n) is 5.73. The number of carbonyl (C=O) groups is 2. The van der Waals surface area contributed by atoms with Crippen LogP contribution in [0, 0.1) is 5.92 Å². The Morgan fingerprint density at radius 1 is 1.14 bits per heavy atom. The summed E-state index contributed by atoms with van der Waals surface area (Å²) in [4.78, 5) is 22.2. The van der Waals surface area contributed by atoms with E-state index >= 15 is 0 Å². The highest BCUT2D eigenvalue weighted by atomic mass is 35.5. The van der Waals surface area contributed by atoms with Gasteiger partial charge >= 0.3 is 18.3 Å². The van der Waals surface area contributed by atoms with Crippen molar-refractivity contribution < 1.29 is 45.8 Å². The number of carbonyl (C=O) groups excluding carboxylic acids is 2. The van der Waals surface area contributed by atoms with Crippen LogP contribution in [0.5, 0.6) is 0 Å². The molecule has 5 nitrogen and oxygen atoms in total. The predicted molar refractivity (Wildman–Crippen MR) is 58.7 cm³/mol. The van der Waals surface area contributed by atoms with E-state index in [0.717, 1.165) is 6.92 Å². The number of aliphatic hydroxyl groups is 1. The second-order valence-electron chi connectivity index (χ2n) is 4.57. The summed E-state index contributed by atoms with van der Waals surface area (Å²) in [7, 11) is 0. The van der Waals surface area contributed by atoms with Gasteiger partial charge in [0, 0.05) is 0 Å². The first-order valence-corrected chi connectivity index (χ1v) is 6.16. The monoisotopic (exact) mass is 357 g/mol. The first kappa shape index (κ1) is 19.0. The lowest BCUT2D eigenvalue weighted by molar-refractivity contribution is -0.196. The van der Waals surface area contributed by atoms with Crippen molar-refractivity contribution >= 4 is 23.3 Å². The number of rotatable bonds is 2. The number of hydrogen-bond acceptors (Lipinski definition) is 4. The van der Waals surface area contributed by atoms with Gasteiger partial charge in [-0.2, -0.15) is 26.3 Å². The molecule has 12 heteroatoms. The molecule has 128 valence electrons. The van der Waals surface area contributed by atoms with Gasteiger partial charge in [0.25, 0.3) is 0 Å². The summed E-state index contributed by atoms with van der Waals surface area (Å²) < 4.78 is 78.8. The number of ketones is 1. The summed E-state index contributed by atoms with van der Waals surface area (Å²) in [5, 5.41) is 10.8. The largest absolute Gasteiger partial charge is 0.471 e. The maximum atomic E-state index is 12.5. The lowest BCUT2D eigenvalue weighted by atomic mass is 9.86. The van der Waals surface area contributed by atoms with Gasteiger partial charge in [0.15, 0.2) is 0 Å². The quantitative estimate of drug-likeness (QED) is 0.574. The van der Waals surface area contributed by atoms with Crippen molar-refractivity contribution in [3.05, 3.63) is 0 Å². The van der Waals surface area contributed by atoms with E-state index in [0.29, 0.717) is 0 Å². The number of hydrogen-bond donors (Lipinski definition) is 2. The third-order valence-electron chi connectivity index (χ3n) is 3.00. The van der Waals surface area contributed by atoms with E-state index in [9.17, 15) is 41.0 Å². The molecule has 0 bridgehead atoms. The van der Waals surface area contributed by atoms with Gasteiger partial charge in [-0.05, 0) is 6.92 Å². The molecule has 1 fully saturated rings. The molecule has 0 radical (unpaired) electrons. The minimum absolute atomic E-state index is 1.11. The number of halogens is 7.